The second-order valence-corrected chi connectivity index (χ2v) is 5.42. The van der Waals surface area contributed by atoms with Crippen LogP contribution in [0, 0.1) is 11.8 Å². The van der Waals surface area contributed by atoms with Crippen LogP contribution in [0.5, 0.6) is 0 Å². The van der Waals surface area contributed by atoms with Crippen molar-refractivity contribution < 1.29 is 4.79 Å². The van der Waals surface area contributed by atoms with Gasteiger partial charge in [0.2, 0.25) is 5.91 Å². The van der Waals surface area contributed by atoms with Crippen LogP contribution in [0.4, 0.5) is 0 Å². The summed E-state index contributed by atoms with van der Waals surface area (Å²) in [6, 6.07) is 0. The summed E-state index contributed by atoms with van der Waals surface area (Å²) >= 11 is 0. The van der Waals surface area contributed by atoms with Crippen molar-refractivity contribution in [2.45, 2.75) is 44.9 Å². The highest BCUT2D eigenvalue weighted by atomic mass is 16.2. The normalized spacial score (nSPS) is 26.6. The van der Waals surface area contributed by atoms with E-state index in [1.165, 1.54) is 25.7 Å². The van der Waals surface area contributed by atoms with Gasteiger partial charge in [-0.15, -0.1) is 0 Å². The van der Waals surface area contributed by atoms with Crippen LogP contribution in [-0.2, 0) is 4.79 Å². The minimum absolute atomic E-state index is 0.364. The third-order valence-corrected chi connectivity index (χ3v) is 4.21. The summed E-state index contributed by atoms with van der Waals surface area (Å²) in [5.74, 6) is 1.75. The van der Waals surface area contributed by atoms with E-state index in [4.69, 9.17) is 5.73 Å². The first-order valence-electron chi connectivity index (χ1n) is 6.77. The van der Waals surface area contributed by atoms with Crippen LogP contribution in [0.25, 0.3) is 0 Å². The molecule has 16 heavy (non-hydrogen) atoms. The lowest BCUT2D eigenvalue weighted by Gasteiger charge is -2.17. The van der Waals surface area contributed by atoms with E-state index in [9.17, 15) is 4.79 Å². The lowest BCUT2D eigenvalue weighted by molar-refractivity contribution is -0.130. The van der Waals surface area contributed by atoms with Crippen molar-refractivity contribution in [3.05, 3.63) is 0 Å². The molecule has 2 N–H and O–H groups in total. The molecule has 92 valence electrons. The molecule has 1 aliphatic carbocycles. The van der Waals surface area contributed by atoms with E-state index in [1.54, 1.807) is 0 Å². The molecular weight excluding hydrogens is 200 g/mol. The van der Waals surface area contributed by atoms with Gasteiger partial charge in [0.1, 0.15) is 0 Å². The van der Waals surface area contributed by atoms with Crippen molar-refractivity contribution >= 4 is 5.91 Å². The fourth-order valence-electron chi connectivity index (χ4n) is 3.04. The molecule has 0 aromatic rings. The average molecular weight is 224 g/mol. The zero-order valence-corrected chi connectivity index (χ0v) is 10.2. The summed E-state index contributed by atoms with van der Waals surface area (Å²) in [6.45, 7) is 2.57. The number of amides is 1. The van der Waals surface area contributed by atoms with E-state index in [0.717, 1.165) is 44.8 Å². The molecule has 1 amide bonds. The van der Waals surface area contributed by atoms with Crippen LogP contribution in [0.3, 0.4) is 0 Å². The Morgan fingerprint density at radius 2 is 1.94 bits per heavy atom. The molecule has 1 saturated heterocycles. The van der Waals surface area contributed by atoms with Crippen LogP contribution in [0.1, 0.15) is 44.9 Å². The van der Waals surface area contributed by atoms with Gasteiger partial charge in [-0.3, -0.25) is 4.79 Å². The fourth-order valence-corrected chi connectivity index (χ4v) is 3.04. The van der Waals surface area contributed by atoms with Crippen molar-refractivity contribution in [2.75, 3.05) is 19.6 Å². The zero-order chi connectivity index (χ0) is 11.4. The van der Waals surface area contributed by atoms with Gasteiger partial charge in [-0.1, -0.05) is 25.7 Å². The first kappa shape index (κ1) is 11.9. The molecule has 1 saturated carbocycles. The quantitative estimate of drug-likeness (QED) is 0.791. The summed E-state index contributed by atoms with van der Waals surface area (Å²) in [5, 5.41) is 0. The van der Waals surface area contributed by atoms with E-state index in [-0.39, 0.29) is 0 Å². The number of rotatable bonds is 4. The number of nitrogens with zero attached hydrogens (tertiary/aromatic N) is 1. The number of hydrogen-bond donors (Lipinski definition) is 1. The molecule has 0 spiro atoms. The SMILES string of the molecule is NCC1CCN(C(=O)CCC2CCCC2)C1. The molecule has 1 heterocycles. The minimum Gasteiger partial charge on any atom is -0.342 e. The average Bonchev–Trinajstić information content (AvgIpc) is 2.96. The second-order valence-electron chi connectivity index (χ2n) is 5.42. The van der Waals surface area contributed by atoms with Gasteiger partial charge in [-0.05, 0) is 31.2 Å². The van der Waals surface area contributed by atoms with Crippen LogP contribution >= 0.6 is 0 Å². The van der Waals surface area contributed by atoms with Crippen LogP contribution in [0.2, 0.25) is 0 Å². The Morgan fingerprint density at radius 3 is 2.56 bits per heavy atom. The number of nitrogens with two attached hydrogens (primary N) is 1. The molecule has 0 bridgehead atoms. The summed E-state index contributed by atoms with van der Waals surface area (Å²) in [4.78, 5) is 14.0. The highest BCUT2D eigenvalue weighted by molar-refractivity contribution is 5.76. The Bertz CT molecular complexity index is 236. The van der Waals surface area contributed by atoms with Gasteiger partial charge < -0.3 is 10.6 Å². The highest BCUT2D eigenvalue weighted by Gasteiger charge is 2.25. The van der Waals surface area contributed by atoms with Crippen LogP contribution < -0.4 is 5.73 Å². The molecule has 1 atom stereocenters. The van der Waals surface area contributed by atoms with Gasteiger partial charge >= 0.3 is 0 Å². The molecule has 3 nitrogen and oxygen atoms in total. The maximum Gasteiger partial charge on any atom is 0.222 e. The topological polar surface area (TPSA) is 46.3 Å². The van der Waals surface area contributed by atoms with E-state index in [2.05, 4.69) is 0 Å². The number of hydrogen-bond acceptors (Lipinski definition) is 2. The van der Waals surface area contributed by atoms with Gasteiger partial charge in [-0.25, -0.2) is 0 Å². The molecule has 2 rings (SSSR count). The Kier molecular flexibility index (Phi) is 4.22. The molecule has 2 fully saturated rings. The largest absolute Gasteiger partial charge is 0.342 e. The predicted octanol–water partition coefficient (Wildman–Crippen LogP) is 1.76. The summed E-state index contributed by atoms with van der Waals surface area (Å²) in [7, 11) is 0. The predicted molar refractivity (Wildman–Crippen MR) is 64.9 cm³/mol. The zero-order valence-electron chi connectivity index (χ0n) is 10.2. The second kappa shape index (κ2) is 5.67. The lowest BCUT2D eigenvalue weighted by Crippen LogP contribution is -2.29. The summed E-state index contributed by atoms with van der Waals surface area (Å²) in [5.41, 5.74) is 5.63. The van der Waals surface area contributed by atoms with Gasteiger partial charge in [-0.2, -0.15) is 0 Å². The van der Waals surface area contributed by atoms with Crippen molar-refractivity contribution in [1.29, 1.82) is 0 Å². The maximum atomic E-state index is 11.9. The first-order valence-corrected chi connectivity index (χ1v) is 6.77. The third-order valence-electron chi connectivity index (χ3n) is 4.21. The van der Waals surface area contributed by atoms with Crippen molar-refractivity contribution in [1.82, 2.24) is 4.90 Å². The molecule has 2 aliphatic rings. The number of carbonyl (C=O) groups excluding carboxylic acids is 1. The monoisotopic (exact) mass is 224 g/mol. The Labute approximate surface area is 98.4 Å². The van der Waals surface area contributed by atoms with E-state index >= 15 is 0 Å². The molecule has 1 unspecified atom stereocenters. The summed E-state index contributed by atoms with van der Waals surface area (Å²) in [6.07, 6.45) is 8.42. The maximum absolute atomic E-state index is 11.9. The standard InChI is InChI=1S/C13H24N2O/c14-9-12-7-8-15(10-12)13(16)6-5-11-3-1-2-4-11/h11-12H,1-10,14H2. The molecule has 0 aromatic carbocycles. The molecular formula is C13H24N2O. The summed E-state index contributed by atoms with van der Waals surface area (Å²) < 4.78 is 0. The smallest absolute Gasteiger partial charge is 0.222 e. The van der Waals surface area contributed by atoms with Gasteiger partial charge in [0.15, 0.2) is 0 Å². The molecule has 3 heteroatoms. The van der Waals surface area contributed by atoms with Crippen LogP contribution in [0.15, 0.2) is 0 Å². The van der Waals surface area contributed by atoms with Gasteiger partial charge in [0.05, 0.1) is 0 Å². The van der Waals surface area contributed by atoms with Crippen molar-refractivity contribution in [3.63, 3.8) is 0 Å². The lowest BCUT2D eigenvalue weighted by atomic mass is 10.0. The molecule has 1 aliphatic heterocycles. The van der Waals surface area contributed by atoms with Crippen molar-refractivity contribution in [2.24, 2.45) is 17.6 Å². The van der Waals surface area contributed by atoms with Gasteiger partial charge in [0.25, 0.3) is 0 Å². The Morgan fingerprint density at radius 1 is 1.19 bits per heavy atom. The number of likely N-dealkylation sites (tertiary alicyclic amines) is 1. The third kappa shape index (κ3) is 2.97. The Balaban J connectivity index is 1.67. The minimum atomic E-state index is 0.364. The fraction of sp³-hybridized carbons (Fsp3) is 0.923. The van der Waals surface area contributed by atoms with E-state index in [0.29, 0.717) is 11.8 Å². The number of carbonyl (C=O) groups is 1. The Hall–Kier alpha value is -0.570. The van der Waals surface area contributed by atoms with E-state index < -0.39 is 0 Å². The molecule has 0 aromatic heterocycles. The first-order chi connectivity index (χ1) is 7.79. The van der Waals surface area contributed by atoms with E-state index in [1.807, 2.05) is 4.90 Å². The van der Waals surface area contributed by atoms with Gasteiger partial charge in [0, 0.05) is 19.5 Å². The highest BCUT2D eigenvalue weighted by Crippen LogP contribution is 2.29. The van der Waals surface area contributed by atoms with Crippen molar-refractivity contribution in [3.8, 4) is 0 Å². The van der Waals surface area contributed by atoms with Crippen LogP contribution in [-0.4, -0.2) is 30.4 Å². The molecule has 0 radical (unpaired) electrons.